The Kier molecular flexibility index (Phi) is 5.58. The summed E-state index contributed by atoms with van der Waals surface area (Å²) >= 11 is 2.95. The lowest BCUT2D eigenvalue weighted by Gasteiger charge is -2.05. The topological polar surface area (TPSA) is 86.7 Å². The molecule has 3 aromatic rings. The van der Waals surface area contributed by atoms with E-state index in [1.165, 1.54) is 17.4 Å². The maximum absolute atomic E-state index is 12.4. The summed E-state index contributed by atoms with van der Waals surface area (Å²) in [4.78, 5) is 30.0. The predicted octanol–water partition coefficient (Wildman–Crippen LogP) is 3.03. The molecule has 0 fully saturated rings. The van der Waals surface area contributed by atoms with Gasteiger partial charge in [-0.3, -0.25) is 9.59 Å². The lowest BCUT2D eigenvalue weighted by molar-refractivity contribution is -0.143. The predicted molar refractivity (Wildman–Crippen MR) is 99.4 cm³/mol. The molecule has 0 atom stereocenters. The molecule has 0 N–H and O–H groups in total. The number of fused-ring (bicyclic) bond motifs is 1. The molecule has 26 heavy (non-hydrogen) atoms. The van der Waals surface area contributed by atoms with E-state index in [9.17, 15) is 9.59 Å². The molecule has 9 heteroatoms. The lowest BCUT2D eigenvalue weighted by Crippen LogP contribution is -2.23. The zero-order valence-corrected chi connectivity index (χ0v) is 16.1. The molecule has 1 aromatic carbocycles. The number of rotatable bonds is 5. The van der Waals surface area contributed by atoms with Gasteiger partial charge < -0.3 is 13.8 Å². The summed E-state index contributed by atoms with van der Waals surface area (Å²) < 4.78 is 12.6. The second kappa shape index (κ2) is 7.88. The number of aryl methyl sites for hydroxylation is 1. The quantitative estimate of drug-likeness (QED) is 0.491. The van der Waals surface area contributed by atoms with Crippen LogP contribution in [-0.2, 0) is 16.1 Å². The smallest absolute Gasteiger partial charge is 0.326 e. The summed E-state index contributed by atoms with van der Waals surface area (Å²) in [5.74, 6) is -0.863. The Bertz CT molecular complexity index is 1030. The van der Waals surface area contributed by atoms with Gasteiger partial charge in [0.15, 0.2) is 4.80 Å². The fourth-order valence-corrected chi connectivity index (χ4v) is 3.94. The number of hydrogen-bond donors (Lipinski definition) is 0. The third-order valence-corrected chi connectivity index (χ3v) is 5.28. The summed E-state index contributed by atoms with van der Waals surface area (Å²) in [7, 11) is 0. The first-order chi connectivity index (χ1) is 12.5. The molecule has 0 saturated heterocycles. The molecular formula is C17H17N3O4S2. The molecule has 0 radical (unpaired) electrons. The molecule has 3 rings (SSSR count). The van der Waals surface area contributed by atoms with Crippen molar-refractivity contribution in [3.63, 3.8) is 0 Å². The van der Waals surface area contributed by atoms with Crippen molar-refractivity contribution >= 4 is 45.2 Å². The van der Waals surface area contributed by atoms with Gasteiger partial charge in [0, 0.05) is 11.0 Å². The largest absolute Gasteiger partial charge is 0.465 e. The van der Waals surface area contributed by atoms with E-state index in [1.54, 1.807) is 30.2 Å². The summed E-state index contributed by atoms with van der Waals surface area (Å²) in [6.45, 7) is 3.75. The van der Waals surface area contributed by atoms with Crippen LogP contribution >= 0.6 is 23.1 Å². The van der Waals surface area contributed by atoms with E-state index in [2.05, 4.69) is 10.1 Å². The first-order valence-corrected chi connectivity index (χ1v) is 9.91. The second-order valence-electron chi connectivity index (χ2n) is 5.36. The number of benzene rings is 1. The third kappa shape index (κ3) is 3.88. The van der Waals surface area contributed by atoms with E-state index in [4.69, 9.17) is 9.26 Å². The van der Waals surface area contributed by atoms with E-state index >= 15 is 0 Å². The highest BCUT2D eigenvalue weighted by Gasteiger charge is 2.15. The van der Waals surface area contributed by atoms with Crippen LogP contribution in [0, 0.1) is 6.92 Å². The van der Waals surface area contributed by atoms with Crippen molar-refractivity contribution in [3.8, 4) is 0 Å². The molecule has 136 valence electrons. The first-order valence-electron chi connectivity index (χ1n) is 7.87. The number of thiazole rings is 1. The Morgan fingerprint density at radius 3 is 2.85 bits per heavy atom. The van der Waals surface area contributed by atoms with Gasteiger partial charge in [-0.15, -0.1) is 11.8 Å². The van der Waals surface area contributed by atoms with Crippen LogP contribution in [0.2, 0.25) is 0 Å². The molecule has 0 unspecified atom stereocenters. The van der Waals surface area contributed by atoms with Crippen molar-refractivity contribution in [2.45, 2.75) is 25.3 Å². The van der Waals surface area contributed by atoms with Crippen LogP contribution < -0.4 is 4.80 Å². The number of aromatic nitrogens is 2. The minimum atomic E-state index is -0.542. The Balaban J connectivity index is 2.10. The minimum absolute atomic E-state index is 0.0198. The molecule has 0 bridgehead atoms. The molecule has 0 aliphatic carbocycles. The number of esters is 1. The van der Waals surface area contributed by atoms with E-state index in [0.717, 1.165) is 15.1 Å². The zero-order chi connectivity index (χ0) is 18.7. The number of carbonyl (C=O) groups is 2. The molecule has 1 amide bonds. The average molecular weight is 391 g/mol. The van der Waals surface area contributed by atoms with Crippen molar-refractivity contribution in [2.24, 2.45) is 4.99 Å². The summed E-state index contributed by atoms with van der Waals surface area (Å²) in [6.07, 6.45) is 1.99. The van der Waals surface area contributed by atoms with Crippen molar-refractivity contribution in [3.05, 3.63) is 40.5 Å². The maximum atomic E-state index is 12.4. The van der Waals surface area contributed by atoms with Crippen molar-refractivity contribution in [1.29, 1.82) is 0 Å². The van der Waals surface area contributed by atoms with Gasteiger partial charge in [0.2, 0.25) is 5.76 Å². The van der Waals surface area contributed by atoms with E-state index in [-0.39, 0.29) is 18.3 Å². The molecule has 7 nitrogen and oxygen atoms in total. The molecule has 2 heterocycles. The number of carbonyl (C=O) groups excluding carboxylic acids is 2. The number of amides is 1. The zero-order valence-electron chi connectivity index (χ0n) is 14.5. The van der Waals surface area contributed by atoms with Crippen LogP contribution in [-0.4, -0.2) is 34.5 Å². The fourth-order valence-electron chi connectivity index (χ4n) is 2.36. The Morgan fingerprint density at radius 2 is 2.19 bits per heavy atom. The highest BCUT2D eigenvalue weighted by Crippen LogP contribution is 2.24. The molecular weight excluding hydrogens is 374 g/mol. The van der Waals surface area contributed by atoms with Gasteiger partial charge >= 0.3 is 11.9 Å². The monoisotopic (exact) mass is 391 g/mol. The number of ether oxygens (including phenoxy) is 1. The SMILES string of the molecule is CCOC(=O)Cn1c(=NC(=O)c2cc(C)no2)sc2cc(SC)ccc21. The highest BCUT2D eigenvalue weighted by atomic mass is 32.2. The second-order valence-corrected chi connectivity index (χ2v) is 7.25. The third-order valence-electron chi connectivity index (χ3n) is 3.52. The summed E-state index contributed by atoms with van der Waals surface area (Å²) in [5, 5.41) is 3.70. The van der Waals surface area contributed by atoms with Gasteiger partial charge in [-0.1, -0.05) is 16.5 Å². The Morgan fingerprint density at radius 1 is 1.38 bits per heavy atom. The van der Waals surface area contributed by atoms with Crippen LogP contribution in [0.4, 0.5) is 0 Å². The summed E-state index contributed by atoms with van der Waals surface area (Å²) in [5.41, 5.74) is 1.42. The molecule has 0 aliphatic rings. The van der Waals surface area contributed by atoms with Gasteiger partial charge in [0.25, 0.3) is 0 Å². The fraction of sp³-hybridized carbons (Fsp3) is 0.294. The highest BCUT2D eigenvalue weighted by molar-refractivity contribution is 7.98. The molecule has 0 saturated carbocycles. The van der Waals surface area contributed by atoms with Crippen molar-refractivity contribution in [1.82, 2.24) is 9.72 Å². The van der Waals surface area contributed by atoms with Gasteiger partial charge in [0.05, 0.1) is 22.5 Å². The van der Waals surface area contributed by atoms with Crippen LogP contribution in [0.3, 0.4) is 0 Å². The molecule has 0 aliphatic heterocycles. The molecule has 2 aromatic heterocycles. The normalized spacial score (nSPS) is 11.9. The van der Waals surface area contributed by atoms with Crippen LogP contribution in [0.25, 0.3) is 10.2 Å². The number of hydrogen-bond acceptors (Lipinski definition) is 7. The van der Waals surface area contributed by atoms with Crippen molar-refractivity contribution in [2.75, 3.05) is 12.9 Å². The van der Waals surface area contributed by atoms with Gasteiger partial charge in [0.1, 0.15) is 6.54 Å². The van der Waals surface area contributed by atoms with Gasteiger partial charge in [-0.2, -0.15) is 4.99 Å². The van der Waals surface area contributed by atoms with Crippen LogP contribution in [0.15, 0.2) is 38.7 Å². The minimum Gasteiger partial charge on any atom is -0.465 e. The van der Waals surface area contributed by atoms with Crippen LogP contribution in [0.1, 0.15) is 23.2 Å². The molecule has 0 spiro atoms. The lowest BCUT2D eigenvalue weighted by atomic mass is 10.3. The summed E-state index contributed by atoms with van der Waals surface area (Å²) in [6, 6.07) is 7.42. The Hall–Kier alpha value is -2.39. The standard InChI is InChI=1S/C17H17N3O4S2/c1-4-23-15(21)9-20-12-6-5-11(25-3)8-14(12)26-17(20)18-16(22)13-7-10(2)19-24-13/h5-8H,4,9H2,1-3H3. The van der Waals surface area contributed by atoms with E-state index in [0.29, 0.717) is 17.1 Å². The first kappa shape index (κ1) is 18.4. The average Bonchev–Trinajstić information content (AvgIpc) is 3.19. The van der Waals surface area contributed by atoms with Crippen LogP contribution in [0.5, 0.6) is 0 Å². The maximum Gasteiger partial charge on any atom is 0.326 e. The van der Waals surface area contributed by atoms with Crippen molar-refractivity contribution < 1.29 is 18.8 Å². The van der Waals surface area contributed by atoms with Gasteiger partial charge in [-0.05, 0) is 38.3 Å². The number of thioether (sulfide) groups is 1. The van der Waals surface area contributed by atoms with E-state index < -0.39 is 5.91 Å². The van der Waals surface area contributed by atoms with E-state index in [1.807, 2.05) is 24.5 Å². The van der Waals surface area contributed by atoms with Gasteiger partial charge in [-0.25, -0.2) is 0 Å². The number of nitrogens with zero attached hydrogens (tertiary/aromatic N) is 3. The Labute approximate surface area is 157 Å².